The summed E-state index contributed by atoms with van der Waals surface area (Å²) in [5, 5.41) is 4.26. The Hall–Kier alpha value is -1.42. The molecule has 0 aliphatic carbocycles. The number of aromatic nitrogens is 2. The molecule has 4 heteroatoms. The number of ketones is 1. The number of hydrogen-bond donors (Lipinski definition) is 0. The second-order valence-electron chi connectivity index (χ2n) is 3.91. The Kier molecular flexibility index (Phi) is 2.68. The molecule has 2 aromatic heterocycles. The van der Waals surface area contributed by atoms with Crippen LogP contribution in [0.15, 0.2) is 12.1 Å². The van der Waals surface area contributed by atoms with Gasteiger partial charge in [0, 0.05) is 17.6 Å². The molecule has 0 N–H and O–H groups in total. The monoisotopic (exact) mass is 234 g/mol. The van der Waals surface area contributed by atoms with Crippen LogP contribution >= 0.6 is 11.3 Å². The predicted octanol–water partition coefficient (Wildman–Crippen LogP) is 2.64. The number of rotatable bonds is 2. The molecule has 0 spiro atoms. The van der Waals surface area contributed by atoms with Crippen molar-refractivity contribution in [1.82, 2.24) is 9.78 Å². The Morgan fingerprint density at radius 3 is 2.44 bits per heavy atom. The van der Waals surface area contributed by atoms with Gasteiger partial charge in [0.05, 0.1) is 16.1 Å². The summed E-state index contributed by atoms with van der Waals surface area (Å²) >= 11 is 1.53. The number of hydrogen-bond acceptors (Lipinski definition) is 3. The van der Waals surface area contributed by atoms with Gasteiger partial charge >= 0.3 is 0 Å². The van der Waals surface area contributed by atoms with Crippen molar-refractivity contribution in [3.63, 3.8) is 0 Å². The summed E-state index contributed by atoms with van der Waals surface area (Å²) in [5.41, 5.74) is 2.47. The minimum atomic E-state index is 0.0844. The van der Waals surface area contributed by atoms with E-state index in [4.69, 9.17) is 0 Å². The third kappa shape index (κ3) is 1.69. The van der Waals surface area contributed by atoms with Crippen LogP contribution in [0.1, 0.15) is 31.5 Å². The van der Waals surface area contributed by atoms with Gasteiger partial charge in [0.2, 0.25) is 5.78 Å². The molecule has 0 unspecified atom stereocenters. The summed E-state index contributed by atoms with van der Waals surface area (Å²) in [6, 6.07) is 3.85. The van der Waals surface area contributed by atoms with E-state index >= 15 is 0 Å². The normalized spacial score (nSPS) is 10.8. The fraction of sp³-hybridized carbons (Fsp3) is 0.333. The quantitative estimate of drug-likeness (QED) is 0.749. The first-order chi connectivity index (χ1) is 7.50. The molecule has 0 saturated heterocycles. The highest BCUT2D eigenvalue weighted by molar-refractivity contribution is 7.14. The van der Waals surface area contributed by atoms with Gasteiger partial charge in [-0.15, -0.1) is 11.3 Å². The van der Waals surface area contributed by atoms with Crippen molar-refractivity contribution in [2.24, 2.45) is 7.05 Å². The van der Waals surface area contributed by atoms with Crippen molar-refractivity contribution >= 4 is 17.1 Å². The average Bonchev–Trinajstić information content (AvgIpc) is 2.73. The van der Waals surface area contributed by atoms with Crippen molar-refractivity contribution in [2.75, 3.05) is 0 Å². The first-order valence-corrected chi connectivity index (χ1v) is 5.93. The number of aryl methyl sites for hydroxylation is 3. The maximum atomic E-state index is 12.3. The molecule has 0 amide bonds. The molecule has 0 atom stereocenters. The van der Waals surface area contributed by atoms with Crippen LogP contribution in [0.25, 0.3) is 0 Å². The van der Waals surface area contributed by atoms with Gasteiger partial charge in [-0.25, -0.2) is 0 Å². The minimum absolute atomic E-state index is 0.0844. The highest BCUT2D eigenvalue weighted by atomic mass is 32.1. The van der Waals surface area contributed by atoms with Crippen molar-refractivity contribution in [1.29, 1.82) is 0 Å². The van der Waals surface area contributed by atoms with Gasteiger partial charge in [0.1, 0.15) is 0 Å². The Morgan fingerprint density at radius 1 is 1.31 bits per heavy atom. The number of nitrogens with zero attached hydrogens (tertiary/aromatic N) is 2. The number of carbonyl (C=O) groups is 1. The van der Waals surface area contributed by atoms with E-state index in [1.54, 1.807) is 4.68 Å². The zero-order valence-electron chi connectivity index (χ0n) is 9.87. The maximum absolute atomic E-state index is 12.3. The molecular weight excluding hydrogens is 220 g/mol. The van der Waals surface area contributed by atoms with Crippen molar-refractivity contribution < 1.29 is 4.79 Å². The zero-order chi connectivity index (χ0) is 11.9. The van der Waals surface area contributed by atoms with Crippen molar-refractivity contribution in [3.05, 3.63) is 38.8 Å². The van der Waals surface area contributed by atoms with Gasteiger partial charge in [-0.3, -0.25) is 9.48 Å². The highest BCUT2D eigenvalue weighted by Crippen LogP contribution is 2.22. The molecule has 16 heavy (non-hydrogen) atoms. The SMILES string of the molecule is Cc1ccc(C(=O)c2c(C)nn(C)c2C)s1. The van der Waals surface area contributed by atoms with E-state index in [-0.39, 0.29) is 5.78 Å². The molecular formula is C12H14N2OS. The lowest BCUT2D eigenvalue weighted by atomic mass is 10.1. The topological polar surface area (TPSA) is 34.9 Å². The second kappa shape index (κ2) is 3.87. The molecule has 2 heterocycles. The van der Waals surface area contributed by atoms with Gasteiger partial charge < -0.3 is 0 Å². The largest absolute Gasteiger partial charge is 0.288 e. The van der Waals surface area contributed by atoms with E-state index in [1.807, 2.05) is 40.0 Å². The summed E-state index contributed by atoms with van der Waals surface area (Å²) in [4.78, 5) is 14.2. The summed E-state index contributed by atoms with van der Waals surface area (Å²) in [7, 11) is 1.86. The van der Waals surface area contributed by atoms with Gasteiger partial charge in [-0.2, -0.15) is 5.10 Å². The van der Waals surface area contributed by atoms with E-state index in [0.29, 0.717) is 0 Å². The van der Waals surface area contributed by atoms with Gasteiger partial charge in [-0.1, -0.05) is 0 Å². The molecule has 0 aromatic carbocycles. The molecule has 0 radical (unpaired) electrons. The Labute approximate surface area is 98.7 Å². The molecule has 0 saturated carbocycles. The summed E-state index contributed by atoms with van der Waals surface area (Å²) in [5.74, 6) is 0.0844. The van der Waals surface area contributed by atoms with Crippen LogP contribution < -0.4 is 0 Å². The maximum Gasteiger partial charge on any atom is 0.206 e. The number of carbonyl (C=O) groups excluding carboxylic acids is 1. The molecule has 0 aliphatic heterocycles. The third-order valence-electron chi connectivity index (χ3n) is 2.70. The van der Waals surface area contributed by atoms with Crippen molar-refractivity contribution in [2.45, 2.75) is 20.8 Å². The lowest BCUT2D eigenvalue weighted by Gasteiger charge is -1.98. The summed E-state index contributed by atoms with van der Waals surface area (Å²) < 4.78 is 1.75. The van der Waals surface area contributed by atoms with Crippen molar-refractivity contribution in [3.8, 4) is 0 Å². The van der Waals surface area contributed by atoms with Crippen LogP contribution in [0.4, 0.5) is 0 Å². The predicted molar refractivity (Wildman–Crippen MR) is 65.2 cm³/mol. The van der Waals surface area contributed by atoms with Gasteiger partial charge in [-0.05, 0) is 32.9 Å². The van der Waals surface area contributed by atoms with Crippen LogP contribution in [0, 0.1) is 20.8 Å². The molecule has 0 bridgehead atoms. The first-order valence-electron chi connectivity index (χ1n) is 5.12. The Bertz CT molecular complexity index is 551. The van der Waals surface area contributed by atoms with Gasteiger partial charge in [0.25, 0.3) is 0 Å². The second-order valence-corrected chi connectivity index (χ2v) is 5.20. The molecule has 84 valence electrons. The fourth-order valence-corrected chi connectivity index (χ4v) is 2.60. The van der Waals surface area contributed by atoms with Gasteiger partial charge in [0.15, 0.2) is 0 Å². The van der Waals surface area contributed by atoms with Crippen LogP contribution in [-0.2, 0) is 7.05 Å². The van der Waals surface area contributed by atoms with E-state index < -0.39 is 0 Å². The average molecular weight is 234 g/mol. The smallest absolute Gasteiger partial charge is 0.206 e. The zero-order valence-corrected chi connectivity index (χ0v) is 10.7. The molecule has 0 aliphatic rings. The van der Waals surface area contributed by atoms with E-state index in [0.717, 1.165) is 26.7 Å². The summed E-state index contributed by atoms with van der Waals surface area (Å²) in [6.07, 6.45) is 0. The number of thiophene rings is 1. The van der Waals surface area contributed by atoms with Crippen LogP contribution in [0.5, 0.6) is 0 Å². The highest BCUT2D eigenvalue weighted by Gasteiger charge is 2.19. The lowest BCUT2D eigenvalue weighted by Crippen LogP contribution is -2.02. The Morgan fingerprint density at radius 2 is 2.00 bits per heavy atom. The molecule has 3 nitrogen and oxygen atoms in total. The molecule has 0 fully saturated rings. The third-order valence-corrected chi connectivity index (χ3v) is 3.70. The van der Waals surface area contributed by atoms with E-state index in [1.165, 1.54) is 11.3 Å². The van der Waals surface area contributed by atoms with E-state index in [2.05, 4.69) is 5.10 Å². The minimum Gasteiger partial charge on any atom is -0.288 e. The lowest BCUT2D eigenvalue weighted by molar-refractivity contribution is 0.104. The summed E-state index contributed by atoms with van der Waals surface area (Å²) in [6.45, 7) is 5.80. The molecule has 2 aromatic rings. The van der Waals surface area contributed by atoms with Crippen LogP contribution in [0.2, 0.25) is 0 Å². The first kappa shape index (κ1) is 11.1. The Balaban J connectivity index is 2.49. The standard InChI is InChI=1S/C12H14N2OS/c1-7-5-6-10(16-7)12(15)11-8(2)13-14(4)9(11)3/h5-6H,1-4H3. The van der Waals surface area contributed by atoms with Crippen LogP contribution in [-0.4, -0.2) is 15.6 Å². The van der Waals surface area contributed by atoms with E-state index in [9.17, 15) is 4.79 Å². The fourth-order valence-electron chi connectivity index (χ4n) is 1.78. The molecule has 2 rings (SSSR count). The van der Waals surface area contributed by atoms with Crippen LogP contribution in [0.3, 0.4) is 0 Å².